The number of rotatable bonds is 9. The van der Waals surface area contributed by atoms with Crippen molar-refractivity contribution in [3.05, 3.63) is 52.0 Å². The second-order valence-corrected chi connectivity index (χ2v) is 11.8. The number of para-hydroxylation sites is 1. The van der Waals surface area contributed by atoms with E-state index in [1.807, 2.05) is 0 Å². The lowest BCUT2D eigenvalue weighted by molar-refractivity contribution is -0.141. The number of fused-ring (bicyclic) bond motifs is 1. The van der Waals surface area contributed by atoms with Crippen LogP contribution in [-0.4, -0.2) is 50.2 Å². The molecule has 1 aliphatic carbocycles. The van der Waals surface area contributed by atoms with Gasteiger partial charge >= 0.3 is 12.1 Å². The molecule has 0 bridgehead atoms. The lowest BCUT2D eigenvalue weighted by atomic mass is 10.1. The zero-order valence-corrected chi connectivity index (χ0v) is 22.6. The zero-order chi connectivity index (χ0) is 28.4. The number of esters is 1. The number of nitrogens with one attached hydrogen (secondary N) is 1. The van der Waals surface area contributed by atoms with E-state index in [9.17, 15) is 31.2 Å². The summed E-state index contributed by atoms with van der Waals surface area (Å²) in [5, 5.41) is 1.98. The lowest BCUT2D eigenvalue weighted by Crippen LogP contribution is -2.19. The average molecular weight is 584 g/mol. The molecule has 208 valence electrons. The van der Waals surface area contributed by atoms with Gasteiger partial charge in [0.25, 0.3) is 0 Å². The first-order valence-corrected chi connectivity index (χ1v) is 14.3. The summed E-state index contributed by atoms with van der Waals surface area (Å²) in [4.78, 5) is 33.0. The predicted molar refractivity (Wildman–Crippen MR) is 137 cm³/mol. The normalized spacial score (nSPS) is 13.2. The van der Waals surface area contributed by atoms with Crippen molar-refractivity contribution in [1.82, 2.24) is 9.97 Å². The fraction of sp³-hybridized carbons (Fsp3) is 0.360. The van der Waals surface area contributed by atoms with Gasteiger partial charge in [0.1, 0.15) is 16.4 Å². The number of anilines is 1. The van der Waals surface area contributed by atoms with Crippen molar-refractivity contribution in [1.29, 1.82) is 0 Å². The van der Waals surface area contributed by atoms with E-state index < -0.39 is 44.5 Å². The molecule has 9 nitrogen and oxygen atoms in total. The maximum absolute atomic E-state index is 13.6. The van der Waals surface area contributed by atoms with Crippen molar-refractivity contribution in [3.8, 4) is 17.0 Å². The van der Waals surface area contributed by atoms with Gasteiger partial charge in [-0.2, -0.15) is 13.2 Å². The van der Waals surface area contributed by atoms with E-state index >= 15 is 0 Å². The quantitative estimate of drug-likeness (QED) is 0.284. The Morgan fingerprint density at radius 3 is 2.56 bits per heavy atom. The molecule has 0 atom stereocenters. The second kappa shape index (κ2) is 11.3. The summed E-state index contributed by atoms with van der Waals surface area (Å²) in [6, 6.07) is 6.76. The highest BCUT2D eigenvalue weighted by molar-refractivity contribution is 7.91. The van der Waals surface area contributed by atoms with Crippen LogP contribution in [0.1, 0.15) is 45.8 Å². The SMILES string of the molecule is COC(=O)c1c(NC(=O)CCCS(=O)(=O)c2nc(-c3ccccc3OC)cc(C(F)(F)F)n2)sc2c1CCC2. The highest BCUT2D eigenvalue weighted by Crippen LogP contribution is 2.39. The van der Waals surface area contributed by atoms with Crippen LogP contribution in [0.3, 0.4) is 0 Å². The number of thiophene rings is 1. The molecule has 39 heavy (non-hydrogen) atoms. The molecule has 1 N–H and O–H groups in total. The molecule has 1 aromatic carbocycles. The van der Waals surface area contributed by atoms with E-state index in [4.69, 9.17) is 9.47 Å². The summed E-state index contributed by atoms with van der Waals surface area (Å²) in [5.74, 6) is -1.58. The number of nitrogens with zero attached hydrogens (tertiary/aromatic N) is 2. The Morgan fingerprint density at radius 1 is 1.13 bits per heavy atom. The highest BCUT2D eigenvalue weighted by Gasteiger charge is 2.36. The van der Waals surface area contributed by atoms with Gasteiger partial charge in [-0.15, -0.1) is 11.3 Å². The average Bonchev–Trinajstić information content (AvgIpc) is 3.48. The second-order valence-electron chi connectivity index (χ2n) is 8.64. The Kier molecular flexibility index (Phi) is 8.25. The number of methoxy groups -OCH3 is 2. The van der Waals surface area contributed by atoms with Crippen LogP contribution in [0.2, 0.25) is 0 Å². The molecule has 0 spiro atoms. The molecule has 3 aromatic rings. The standard InChI is InChI=1S/C25H24F3N3O6S2/c1-36-17-9-4-3-7-14(17)16-13-19(25(26,27)28)30-24(29-16)39(34,35)12-6-11-20(32)31-22-21(23(33)37-2)15-8-5-10-18(15)38-22/h3-4,7,9,13H,5-6,8,10-12H2,1-2H3,(H,31,32). The third-order valence-corrected chi connectivity index (χ3v) is 8.81. The van der Waals surface area contributed by atoms with Gasteiger partial charge in [0.2, 0.25) is 20.9 Å². The molecule has 2 aromatic heterocycles. The molecule has 0 saturated carbocycles. The molecule has 4 rings (SSSR count). The number of alkyl halides is 3. The minimum absolute atomic E-state index is 0.160. The summed E-state index contributed by atoms with van der Waals surface area (Å²) in [6.07, 6.45) is -3.03. The molecule has 1 amide bonds. The van der Waals surface area contributed by atoms with E-state index in [2.05, 4.69) is 15.3 Å². The van der Waals surface area contributed by atoms with Crippen LogP contribution in [0, 0.1) is 0 Å². The monoisotopic (exact) mass is 583 g/mol. The Labute approximate surface area is 226 Å². The molecule has 0 radical (unpaired) electrons. The number of carbonyl (C=O) groups excluding carboxylic acids is 2. The van der Waals surface area contributed by atoms with Gasteiger partial charge in [-0.1, -0.05) is 12.1 Å². The first-order valence-electron chi connectivity index (χ1n) is 11.8. The number of halogens is 3. The summed E-state index contributed by atoms with van der Waals surface area (Å²) in [7, 11) is -1.83. The van der Waals surface area contributed by atoms with E-state index in [1.54, 1.807) is 12.1 Å². The minimum Gasteiger partial charge on any atom is -0.496 e. The Hall–Kier alpha value is -3.52. The molecule has 1 aliphatic rings. The first-order chi connectivity index (χ1) is 18.4. The summed E-state index contributed by atoms with van der Waals surface area (Å²) in [5.41, 5.74) is -0.384. The molecule has 0 aliphatic heterocycles. The van der Waals surface area contributed by atoms with Crippen LogP contribution in [0.5, 0.6) is 5.75 Å². The Morgan fingerprint density at radius 2 is 1.87 bits per heavy atom. The molecular weight excluding hydrogens is 559 g/mol. The number of aryl methyl sites for hydroxylation is 1. The Balaban J connectivity index is 1.51. The number of hydrogen-bond acceptors (Lipinski definition) is 9. The number of sulfone groups is 1. The smallest absolute Gasteiger partial charge is 0.433 e. The highest BCUT2D eigenvalue weighted by atomic mass is 32.2. The van der Waals surface area contributed by atoms with Crippen LogP contribution in [-0.2, 0) is 38.4 Å². The van der Waals surface area contributed by atoms with Crippen LogP contribution in [0.4, 0.5) is 18.2 Å². The van der Waals surface area contributed by atoms with Gasteiger partial charge in [-0.05, 0) is 49.4 Å². The number of benzene rings is 1. The van der Waals surface area contributed by atoms with Gasteiger partial charge in [0, 0.05) is 16.9 Å². The third-order valence-electron chi connectivity index (χ3n) is 6.04. The molecule has 2 heterocycles. The maximum Gasteiger partial charge on any atom is 0.433 e. The number of ether oxygens (including phenoxy) is 2. The molecule has 0 unspecified atom stereocenters. The number of amides is 1. The molecule has 14 heteroatoms. The van der Waals surface area contributed by atoms with Gasteiger partial charge in [0.05, 0.1) is 31.2 Å². The first kappa shape index (κ1) is 28.5. The fourth-order valence-electron chi connectivity index (χ4n) is 4.22. The summed E-state index contributed by atoms with van der Waals surface area (Å²) < 4.78 is 76.6. The van der Waals surface area contributed by atoms with Crippen LogP contribution in [0.25, 0.3) is 11.3 Å². The number of carbonyl (C=O) groups is 2. The third kappa shape index (κ3) is 6.22. The van der Waals surface area contributed by atoms with E-state index in [0.29, 0.717) is 23.1 Å². The number of aromatic nitrogens is 2. The topological polar surface area (TPSA) is 125 Å². The van der Waals surface area contributed by atoms with Crippen molar-refractivity contribution in [2.45, 2.75) is 43.4 Å². The molecule has 0 fully saturated rings. The minimum atomic E-state index is -4.93. The number of hydrogen-bond donors (Lipinski definition) is 1. The van der Waals surface area contributed by atoms with Crippen molar-refractivity contribution in [2.75, 3.05) is 25.3 Å². The van der Waals surface area contributed by atoms with Gasteiger partial charge in [-0.25, -0.2) is 23.2 Å². The zero-order valence-electron chi connectivity index (χ0n) is 20.9. The van der Waals surface area contributed by atoms with E-state index in [0.717, 1.165) is 23.3 Å². The van der Waals surface area contributed by atoms with Crippen molar-refractivity contribution < 1.29 is 40.7 Å². The van der Waals surface area contributed by atoms with Crippen LogP contribution >= 0.6 is 11.3 Å². The summed E-state index contributed by atoms with van der Waals surface area (Å²) in [6.45, 7) is 0. The van der Waals surface area contributed by atoms with Crippen molar-refractivity contribution in [2.24, 2.45) is 0 Å². The largest absolute Gasteiger partial charge is 0.496 e. The van der Waals surface area contributed by atoms with Gasteiger partial charge < -0.3 is 14.8 Å². The van der Waals surface area contributed by atoms with Gasteiger partial charge in [0.15, 0.2) is 0 Å². The van der Waals surface area contributed by atoms with Gasteiger partial charge in [-0.3, -0.25) is 4.79 Å². The lowest BCUT2D eigenvalue weighted by Gasteiger charge is -2.13. The van der Waals surface area contributed by atoms with Crippen molar-refractivity contribution in [3.63, 3.8) is 0 Å². The van der Waals surface area contributed by atoms with Crippen LogP contribution < -0.4 is 10.1 Å². The molecule has 0 saturated heterocycles. The maximum atomic E-state index is 13.6. The fourth-order valence-corrected chi connectivity index (χ4v) is 6.69. The van der Waals surface area contributed by atoms with E-state index in [1.165, 1.54) is 37.7 Å². The molecular formula is C25H24F3N3O6S2. The Bertz CT molecular complexity index is 1520. The van der Waals surface area contributed by atoms with Crippen LogP contribution in [0.15, 0.2) is 35.5 Å². The van der Waals surface area contributed by atoms with Crippen molar-refractivity contribution >= 4 is 38.1 Å². The predicted octanol–water partition coefficient (Wildman–Crippen LogP) is 4.70. The van der Waals surface area contributed by atoms with E-state index in [-0.39, 0.29) is 29.8 Å². The summed E-state index contributed by atoms with van der Waals surface area (Å²) >= 11 is 1.28.